The van der Waals surface area contributed by atoms with Gasteiger partial charge in [0.05, 0.1) is 16.2 Å². The maximum absolute atomic E-state index is 4.86. The van der Waals surface area contributed by atoms with Crippen LogP contribution in [0.4, 0.5) is 5.82 Å². The van der Waals surface area contributed by atoms with Gasteiger partial charge in [0.1, 0.15) is 11.6 Å². The molecule has 1 fully saturated rings. The number of hydrogen-bond donors (Lipinski definition) is 1. The van der Waals surface area contributed by atoms with Crippen molar-refractivity contribution in [2.75, 3.05) is 45.6 Å². The molecule has 0 aromatic carbocycles. The Morgan fingerprint density at radius 3 is 2.62 bits per heavy atom. The molecule has 1 aromatic heterocycles. The molecule has 1 unspecified atom stereocenters. The summed E-state index contributed by atoms with van der Waals surface area (Å²) in [5.74, 6) is 2.20. The van der Waals surface area contributed by atoms with Crippen molar-refractivity contribution < 1.29 is 0 Å². The normalized spacial score (nSPS) is 21.0. The summed E-state index contributed by atoms with van der Waals surface area (Å²) < 4.78 is 0.995. The van der Waals surface area contributed by atoms with Crippen LogP contribution in [0.1, 0.15) is 44.2 Å². The molecule has 0 radical (unpaired) electrons. The second kappa shape index (κ2) is 7.03. The summed E-state index contributed by atoms with van der Waals surface area (Å²) in [4.78, 5) is 14.3. The SMILES string of the molecule is CCNc1nc(C2CN(C)CCN2C)nc(C(C)C)c1Br. The Hall–Kier alpha value is -0.720. The van der Waals surface area contributed by atoms with Crippen molar-refractivity contribution >= 4 is 21.7 Å². The molecule has 0 bridgehead atoms. The standard InChI is InChI=1S/C15H26BrN5/c1-6-17-15-12(16)13(10(2)3)18-14(19-15)11-9-20(4)7-8-21(11)5/h10-11H,6-9H2,1-5H3,(H,17,18,19). The van der Waals surface area contributed by atoms with Gasteiger partial charge in [0, 0.05) is 26.2 Å². The van der Waals surface area contributed by atoms with Crippen molar-refractivity contribution in [2.45, 2.75) is 32.7 Å². The molecule has 2 rings (SSSR count). The van der Waals surface area contributed by atoms with Crippen LogP contribution in [0.15, 0.2) is 4.47 Å². The number of halogens is 1. The molecule has 118 valence electrons. The fraction of sp³-hybridized carbons (Fsp3) is 0.733. The fourth-order valence-electron chi connectivity index (χ4n) is 2.59. The lowest BCUT2D eigenvalue weighted by molar-refractivity contribution is 0.109. The molecule has 1 aromatic rings. The lowest BCUT2D eigenvalue weighted by Crippen LogP contribution is -2.45. The molecule has 0 saturated carbocycles. The van der Waals surface area contributed by atoms with Crippen molar-refractivity contribution in [1.29, 1.82) is 0 Å². The van der Waals surface area contributed by atoms with Crippen LogP contribution >= 0.6 is 15.9 Å². The van der Waals surface area contributed by atoms with E-state index >= 15 is 0 Å². The third-order valence-corrected chi connectivity index (χ3v) is 4.72. The maximum Gasteiger partial charge on any atom is 0.149 e. The van der Waals surface area contributed by atoms with Gasteiger partial charge in [0.2, 0.25) is 0 Å². The van der Waals surface area contributed by atoms with Crippen LogP contribution in [0.25, 0.3) is 0 Å². The maximum atomic E-state index is 4.86. The van der Waals surface area contributed by atoms with Gasteiger partial charge >= 0.3 is 0 Å². The minimum absolute atomic E-state index is 0.256. The molecule has 21 heavy (non-hydrogen) atoms. The van der Waals surface area contributed by atoms with Gasteiger partial charge in [-0.2, -0.15) is 0 Å². The molecule has 1 aliphatic heterocycles. The van der Waals surface area contributed by atoms with E-state index in [-0.39, 0.29) is 6.04 Å². The van der Waals surface area contributed by atoms with E-state index in [0.717, 1.165) is 48.0 Å². The number of anilines is 1. The highest BCUT2D eigenvalue weighted by molar-refractivity contribution is 9.10. The zero-order chi connectivity index (χ0) is 15.6. The molecule has 2 heterocycles. The van der Waals surface area contributed by atoms with Crippen LogP contribution < -0.4 is 5.32 Å². The molecule has 1 saturated heterocycles. The Kier molecular flexibility index (Phi) is 5.57. The number of piperazine rings is 1. The third kappa shape index (κ3) is 3.73. The molecule has 0 amide bonds. The second-order valence-electron chi connectivity index (χ2n) is 6.07. The third-order valence-electron chi connectivity index (χ3n) is 3.93. The van der Waals surface area contributed by atoms with Crippen molar-refractivity contribution in [3.63, 3.8) is 0 Å². The van der Waals surface area contributed by atoms with Crippen LogP contribution in [0.3, 0.4) is 0 Å². The quantitative estimate of drug-likeness (QED) is 0.899. The number of aromatic nitrogens is 2. The molecular formula is C15H26BrN5. The number of rotatable bonds is 4. The average Bonchev–Trinajstić information content (AvgIpc) is 2.43. The first-order valence-electron chi connectivity index (χ1n) is 7.64. The summed E-state index contributed by atoms with van der Waals surface area (Å²) in [6.07, 6.45) is 0. The largest absolute Gasteiger partial charge is 0.369 e. The number of nitrogens with zero attached hydrogens (tertiary/aromatic N) is 4. The molecular weight excluding hydrogens is 330 g/mol. The Morgan fingerprint density at radius 2 is 2.00 bits per heavy atom. The summed E-state index contributed by atoms with van der Waals surface area (Å²) in [5.41, 5.74) is 1.08. The monoisotopic (exact) mass is 355 g/mol. The highest BCUT2D eigenvalue weighted by atomic mass is 79.9. The highest BCUT2D eigenvalue weighted by Crippen LogP contribution is 2.31. The molecule has 6 heteroatoms. The summed E-state index contributed by atoms with van der Waals surface area (Å²) in [6, 6.07) is 0.256. The summed E-state index contributed by atoms with van der Waals surface area (Å²) in [7, 11) is 4.32. The predicted molar refractivity (Wildman–Crippen MR) is 90.9 cm³/mol. The first-order chi connectivity index (χ1) is 9.93. The van der Waals surface area contributed by atoms with E-state index in [1.165, 1.54) is 0 Å². The first kappa shape index (κ1) is 16.6. The zero-order valence-electron chi connectivity index (χ0n) is 13.6. The van der Waals surface area contributed by atoms with E-state index in [1.54, 1.807) is 0 Å². The van der Waals surface area contributed by atoms with E-state index < -0.39 is 0 Å². The molecule has 0 spiro atoms. The summed E-state index contributed by atoms with van der Waals surface area (Å²) in [6.45, 7) is 10.4. The zero-order valence-corrected chi connectivity index (χ0v) is 15.2. The number of nitrogens with one attached hydrogen (secondary N) is 1. The number of likely N-dealkylation sites (N-methyl/N-ethyl adjacent to an activating group) is 2. The Balaban J connectivity index is 2.42. The van der Waals surface area contributed by atoms with E-state index in [2.05, 4.69) is 65.9 Å². The van der Waals surface area contributed by atoms with Crippen molar-refractivity contribution in [3.8, 4) is 0 Å². The van der Waals surface area contributed by atoms with Crippen molar-refractivity contribution in [3.05, 3.63) is 16.0 Å². The summed E-state index contributed by atoms with van der Waals surface area (Å²) in [5, 5.41) is 3.35. The van der Waals surface area contributed by atoms with E-state index in [9.17, 15) is 0 Å². The van der Waals surface area contributed by atoms with Crippen molar-refractivity contribution in [1.82, 2.24) is 19.8 Å². The first-order valence-corrected chi connectivity index (χ1v) is 8.43. The van der Waals surface area contributed by atoms with Gasteiger partial charge in [-0.3, -0.25) is 4.90 Å². The molecule has 1 N–H and O–H groups in total. The molecule has 1 aliphatic rings. The van der Waals surface area contributed by atoms with Gasteiger partial charge in [0.25, 0.3) is 0 Å². The van der Waals surface area contributed by atoms with Gasteiger partial charge in [-0.1, -0.05) is 13.8 Å². The van der Waals surface area contributed by atoms with Gasteiger partial charge in [-0.15, -0.1) is 0 Å². The van der Waals surface area contributed by atoms with Crippen LogP contribution in [0.5, 0.6) is 0 Å². The Morgan fingerprint density at radius 1 is 1.29 bits per heavy atom. The summed E-state index contributed by atoms with van der Waals surface area (Å²) >= 11 is 3.66. The molecule has 1 atom stereocenters. The lowest BCUT2D eigenvalue weighted by atomic mass is 10.1. The fourth-order valence-corrected chi connectivity index (χ4v) is 3.36. The van der Waals surface area contributed by atoms with E-state index in [1.807, 2.05) is 0 Å². The van der Waals surface area contributed by atoms with Gasteiger partial charge in [-0.05, 0) is 42.9 Å². The van der Waals surface area contributed by atoms with Crippen LogP contribution in [0.2, 0.25) is 0 Å². The number of hydrogen-bond acceptors (Lipinski definition) is 5. The predicted octanol–water partition coefficient (Wildman–Crippen LogP) is 2.71. The Labute approximate surface area is 136 Å². The van der Waals surface area contributed by atoms with Gasteiger partial charge in [0.15, 0.2) is 0 Å². The topological polar surface area (TPSA) is 44.3 Å². The lowest BCUT2D eigenvalue weighted by Gasteiger charge is -2.37. The highest BCUT2D eigenvalue weighted by Gasteiger charge is 2.28. The Bertz CT molecular complexity index is 491. The van der Waals surface area contributed by atoms with E-state index in [4.69, 9.17) is 9.97 Å². The smallest absolute Gasteiger partial charge is 0.149 e. The van der Waals surface area contributed by atoms with E-state index in [0.29, 0.717) is 5.92 Å². The molecule has 0 aliphatic carbocycles. The minimum Gasteiger partial charge on any atom is -0.369 e. The molecule has 5 nitrogen and oxygen atoms in total. The van der Waals surface area contributed by atoms with Crippen LogP contribution in [-0.4, -0.2) is 60.0 Å². The second-order valence-corrected chi connectivity index (χ2v) is 6.87. The van der Waals surface area contributed by atoms with Crippen LogP contribution in [0, 0.1) is 0 Å². The average molecular weight is 356 g/mol. The van der Waals surface area contributed by atoms with Gasteiger partial charge in [-0.25, -0.2) is 9.97 Å². The minimum atomic E-state index is 0.256. The van der Waals surface area contributed by atoms with Crippen LogP contribution in [-0.2, 0) is 0 Å². The van der Waals surface area contributed by atoms with Crippen molar-refractivity contribution in [2.24, 2.45) is 0 Å². The van der Waals surface area contributed by atoms with Gasteiger partial charge < -0.3 is 10.2 Å².